The monoisotopic (exact) mass is 288 g/mol. The topological polar surface area (TPSA) is 29.5 Å². The number of aliphatic hydroxyl groups is 1. The standard InChI is InChI=1S/C18H21FO2/c1-4-9-21-15-7-5-14(6-8-15)18(20)17-13(3)10-12(2)11-16(17)19/h5-8,10-11,18,20H,4,9H2,1-3H3. The molecule has 0 saturated heterocycles. The van der Waals surface area contributed by atoms with Crippen LogP contribution in [-0.2, 0) is 0 Å². The zero-order chi connectivity index (χ0) is 15.4. The third-order valence-corrected chi connectivity index (χ3v) is 3.42. The minimum absolute atomic E-state index is 0.336. The summed E-state index contributed by atoms with van der Waals surface area (Å²) in [7, 11) is 0. The highest BCUT2D eigenvalue weighted by atomic mass is 19.1. The van der Waals surface area contributed by atoms with Gasteiger partial charge in [0, 0.05) is 5.56 Å². The Morgan fingerprint density at radius 3 is 2.38 bits per heavy atom. The van der Waals surface area contributed by atoms with E-state index in [0.29, 0.717) is 17.7 Å². The van der Waals surface area contributed by atoms with Crippen molar-refractivity contribution in [1.29, 1.82) is 0 Å². The van der Waals surface area contributed by atoms with Gasteiger partial charge in [0.2, 0.25) is 0 Å². The lowest BCUT2D eigenvalue weighted by atomic mass is 9.95. The van der Waals surface area contributed by atoms with E-state index in [-0.39, 0.29) is 5.82 Å². The van der Waals surface area contributed by atoms with Crippen LogP contribution in [0, 0.1) is 19.7 Å². The Morgan fingerprint density at radius 1 is 1.14 bits per heavy atom. The summed E-state index contributed by atoms with van der Waals surface area (Å²) in [6.45, 7) is 6.36. The third kappa shape index (κ3) is 3.61. The molecule has 0 aliphatic carbocycles. The highest BCUT2D eigenvalue weighted by Crippen LogP contribution is 2.29. The molecule has 0 bridgehead atoms. The fraction of sp³-hybridized carbons (Fsp3) is 0.333. The lowest BCUT2D eigenvalue weighted by Gasteiger charge is -2.16. The van der Waals surface area contributed by atoms with E-state index in [1.807, 2.05) is 26.8 Å². The number of rotatable bonds is 5. The molecule has 0 aliphatic rings. The number of halogens is 1. The fourth-order valence-electron chi connectivity index (χ4n) is 2.41. The van der Waals surface area contributed by atoms with Crippen molar-refractivity contribution >= 4 is 0 Å². The SMILES string of the molecule is CCCOc1ccc(C(O)c2c(C)cc(C)cc2F)cc1. The average molecular weight is 288 g/mol. The molecule has 0 spiro atoms. The molecule has 0 aromatic heterocycles. The van der Waals surface area contributed by atoms with Crippen LogP contribution in [-0.4, -0.2) is 11.7 Å². The van der Waals surface area contributed by atoms with E-state index in [4.69, 9.17) is 4.74 Å². The summed E-state index contributed by atoms with van der Waals surface area (Å²) < 4.78 is 19.6. The smallest absolute Gasteiger partial charge is 0.129 e. The van der Waals surface area contributed by atoms with Crippen molar-refractivity contribution in [3.8, 4) is 5.75 Å². The molecule has 2 rings (SSSR count). The van der Waals surface area contributed by atoms with Crippen LogP contribution in [0.25, 0.3) is 0 Å². The molecule has 0 fully saturated rings. The van der Waals surface area contributed by atoms with E-state index in [9.17, 15) is 9.50 Å². The van der Waals surface area contributed by atoms with Crippen molar-refractivity contribution in [3.05, 3.63) is 64.5 Å². The molecule has 2 nitrogen and oxygen atoms in total. The van der Waals surface area contributed by atoms with Crippen LogP contribution in [0.4, 0.5) is 4.39 Å². The fourth-order valence-corrected chi connectivity index (χ4v) is 2.41. The minimum Gasteiger partial charge on any atom is -0.494 e. The molecule has 1 atom stereocenters. The second kappa shape index (κ2) is 6.72. The summed E-state index contributed by atoms with van der Waals surface area (Å²) in [5.74, 6) is 0.389. The van der Waals surface area contributed by atoms with E-state index in [1.165, 1.54) is 6.07 Å². The molecule has 1 unspecified atom stereocenters. The van der Waals surface area contributed by atoms with Crippen LogP contribution in [0.15, 0.2) is 36.4 Å². The Kier molecular flexibility index (Phi) is 4.97. The number of benzene rings is 2. The van der Waals surface area contributed by atoms with Gasteiger partial charge in [0.25, 0.3) is 0 Å². The zero-order valence-electron chi connectivity index (χ0n) is 12.7. The van der Waals surface area contributed by atoms with Crippen LogP contribution >= 0.6 is 0 Å². The minimum atomic E-state index is -0.967. The largest absolute Gasteiger partial charge is 0.494 e. The molecule has 2 aromatic rings. The maximum Gasteiger partial charge on any atom is 0.129 e. The van der Waals surface area contributed by atoms with Crippen LogP contribution in [0.2, 0.25) is 0 Å². The molecule has 1 N–H and O–H groups in total. The summed E-state index contributed by atoms with van der Waals surface area (Å²) in [6.07, 6.45) is -0.0242. The van der Waals surface area contributed by atoms with Gasteiger partial charge in [-0.25, -0.2) is 4.39 Å². The predicted molar refractivity (Wildman–Crippen MR) is 82.2 cm³/mol. The van der Waals surface area contributed by atoms with Crippen molar-refractivity contribution in [2.45, 2.75) is 33.3 Å². The second-order valence-corrected chi connectivity index (χ2v) is 5.30. The van der Waals surface area contributed by atoms with Crippen molar-refractivity contribution < 1.29 is 14.2 Å². The third-order valence-electron chi connectivity index (χ3n) is 3.42. The maximum absolute atomic E-state index is 14.1. The molecule has 2 aromatic carbocycles. The van der Waals surface area contributed by atoms with Gasteiger partial charge in [0.1, 0.15) is 17.7 Å². The van der Waals surface area contributed by atoms with Gasteiger partial charge >= 0.3 is 0 Å². The number of aliphatic hydroxyl groups excluding tert-OH is 1. The van der Waals surface area contributed by atoms with Gasteiger partial charge in [0.15, 0.2) is 0 Å². The molecule has 0 heterocycles. The summed E-state index contributed by atoms with van der Waals surface area (Å²) in [5.41, 5.74) is 2.60. The van der Waals surface area contributed by atoms with E-state index in [0.717, 1.165) is 23.3 Å². The molecule has 0 amide bonds. The first-order chi connectivity index (χ1) is 10.0. The number of aryl methyl sites for hydroxylation is 2. The first-order valence-corrected chi connectivity index (χ1v) is 7.20. The number of hydrogen-bond acceptors (Lipinski definition) is 2. The Balaban J connectivity index is 2.26. The maximum atomic E-state index is 14.1. The molecule has 3 heteroatoms. The lowest BCUT2D eigenvalue weighted by molar-refractivity contribution is 0.214. The summed E-state index contributed by atoms with van der Waals surface area (Å²) in [5, 5.41) is 10.4. The van der Waals surface area contributed by atoms with Crippen molar-refractivity contribution in [2.24, 2.45) is 0 Å². The van der Waals surface area contributed by atoms with Crippen molar-refractivity contribution in [3.63, 3.8) is 0 Å². The zero-order valence-corrected chi connectivity index (χ0v) is 12.7. The molecule has 0 radical (unpaired) electrons. The Morgan fingerprint density at radius 2 is 1.81 bits per heavy atom. The van der Waals surface area contributed by atoms with Crippen LogP contribution in [0.3, 0.4) is 0 Å². The summed E-state index contributed by atoms with van der Waals surface area (Å²) >= 11 is 0. The van der Waals surface area contributed by atoms with Gasteiger partial charge < -0.3 is 9.84 Å². The van der Waals surface area contributed by atoms with E-state index >= 15 is 0 Å². The first-order valence-electron chi connectivity index (χ1n) is 7.20. The first kappa shape index (κ1) is 15.5. The summed E-state index contributed by atoms with van der Waals surface area (Å²) in [4.78, 5) is 0. The van der Waals surface area contributed by atoms with E-state index in [1.54, 1.807) is 24.3 Å². The normalized spacial score (nSPS) is 12.2. The van der Waals surface area contributed by atoms with Gasteiger partial charge in [0.05, 0.1) is 6.61 Å². The predicted octanol–water partition coefficient (Wildman–Crippen LogP) is 4.31. The second-order valence-electron chi connectivity index (χ2n) is 5.30. The van der Waals surface area contributed by atoms with Crippen LogP contribution < -0.4 is 4.74 Å². The van der Waals surface area contributed by atoms with Gasteiger partial charge in [-0.15, -0.1) is 0 Å². The number of ether oxygens (including phenoxy) is 1. The highest BCUT2D eigenvalue weighted by Gasteiger charge is 2.18. The van der Waals surface area contributed by atoms with Gasteiger partial charge in [-0.2, -0.15) is 0 Å². The Labute approximate surface area is 125 Å². The highest BCUT2D eigenvalue weighted by molar-refractivity contribution is 5.40. The van der Waals surface area contributed by atoms with Crippen LogP contribution in [0.1, 0.15) is 41.7 Å². The van der Waals surface area contributed by atoms with Crippen molar-refractivity contribution in [2.75, 3.05) is 6.61 Å². The number of hydrogen-bond donors (Lipinski definition) is 1. The Hall–Kier alpha value is -1.87. The molecular formula is C18H21FO2. The molecule has 0 saturated carbocycles. The van der Waals surface area contributed by atoms with Crippen molar-refractivity contribution in [1.82, 2.24) is 0 Å². The molecule has 112 valence electrons. The molecule has 21 heavy (non-hydrogen) atoms. The van der Waals surface area contributed by atoms with Gasteiger partial charge in [-0.05, 0) is 55.2 Å². The average Bonchev–Trinajstić information content (AvgIpc) is 2.44. The van der Waals surface area contributed by atoms with Crippen LogP contribution in [0.5, 0.6) is 5.75 Å². The lowest BCUT2D eigenvalue weighted by Crippen LogP contribution is -2.06. The van der Waals surface area contributed by atoms with E-state index in [2.05, 4.69) is 0 Å². The van der Waals surface area contributed by atoms with Gasteiger partial charge in [-0.3, -0.25) is 0 Å². The van der Waals surface area contributed by atoms with E-state index < -0.39 is 6.10 Å². The summed E-state index contributed by atoms with van der Waals surface area (Å²) in [6, 6.07) is 10.5. The Bertz CT molecular complexity index is 582. The quantitative estimate of drug-likeness (QED) is 0.888. The van der Waals surface area contributed by atoms with Gasteiger partial charge in [-0.1, -0.05) is 25.1 Å². The molecular weight excluding hydrogens is 267 g/mol. The molecule has 0 aliphatic heterocycles.